The van der Waals surface area contributed by atoms with Gasteiger partial charge in [-0.1, -0.05) is 13.8 Å². The largest absolute Gasteiger partial charge is 0.326 e. The summed E-state index contributed by atoms with van der Waals surface area (Å²) >= 11 is 0. The summed E-state index contributed by atoms with van der Waals surface area (Å²) in [6, 6.07) is 2.61. The second kappa shape index (κ2) is 6.65. The van der Waals surface area contributed by atoms with Gasteiger partial charge in [0.25, 0.3) is 0 Å². The van der Waals surface area contributed by atoms with Crippen molar-refractivity contribution >= 4 is 10.0 Å². The Hall–Kier alpha value is -0.980. The Morgan fingerprint density at radius 2 is 1.95 bits per heavy atom. The molecule has 1 aromatic rings. The molecule has 0 aliphatic heterocycles. The van der Waals surface area contributed by atoms with E-state index in [9.17, 15) is 12.8 Å². The van der Waals surface area contributed by atoms with Gasteiger partial charge in [0.15, 0.2) is 0 Å². The molecule has 0 spiro atoms. The molecule has 0 aliphatic carbocycles. The Labute approximate surface area is 120 Å². The number of rotatable bonds is 6. The highest BCUT2D eigenvalue weighted by atomic mass is 32.2. The van der Waals surface area contributed by atoms with Crippen LogP contribution in [0.3, 0.4) is 0 Å². The van der Waals surface area contributed by atoms with Crippen molar-refractivity contribution in [3.63, 3.8) is 0 Å². The minimum Gasteiger partial charge on any atom is -0.326 e. The highest BCUT2D eigenvalue weighted by Crippen LogP contribution is 2.24. The third kappa shape index (κ3) is 3.19. The zero-order valence-electron chi connectivity index (χ0n) is 12.5. The number of aryl methyl sites for hydroxylation is 1. The molecule has 6 heteroatoms. The van der Waals surface area contributed by atoms with Crippen molar-refractivity contribution < 1.29 is 12.8 Å². The van der Waals surface area contributed by atoms with E-state index in [1.54, 1.807) is 13.8 Å². The fourth-order valence-corrected chi connectivity index (χ4v) is 4.01. The van der Waals surface area contributed by atoms with E-state index in [4.69, 9.17) is 5.73 Å². The smallest absolute Gasteiger partial charge is 0.243 e. The lowest BCUT2D eigenvalue weighted by Gasteiger charge is -2.26. The predicted molar refractivity (Wildman–Crippen MR) is 78.3 cm³/mol. The number of hydrogen-bond acceptors (Lipinski definition) is 3. The van der Waals surface area contributed by atoms with Crippen molar-refractivity contribution in [1.29, 1.82) is 0 Å². The zero-order chi connectivity index (χ0) is 15.5. The first-order valence-corrected chi connectivity index (χ1v) is 8.24. The van der Waals surface area contributed by atoms with Gasteiger partial charge in [-0.25, -0.2) is 12.8 Å². The van der Waals surface area contributed by atoms with Crippen LogP contribution in [0.2, 0.25) is 0 Å². The molecule has 0 aliphatic rings. The van der Waals surface area contributed by atoms with Gasteiger partial charge in [-0.3, -0.25) is 0 Å². The molecular weight excluding hydrogens is 279 g/mol. The Morgan fingerprint density at radius 3 is 2.40 bits per heavy atom. The van der Waals surface area contributed by atoms with Crippen molar-refractivity contribution in [2.45, 2.75) is 51.6 Å². The molecule has 0 saturated carbocycles. The predicted octanol–water partition coefficient (Wildman–Crippen LogP) is 2.40. The normalized spacial score (nSPS) is 13.8. The van der Waals surface area contributed by atoms with Crippen molar-refractivity contribution in [2.24, 2.45) is 5.73 Å². The number of hydrogen-bond donors (Lipinski definition) is 1. The first-order chi connectivity index (χ1) is 9.29. The molecule has 1 aromatic carbocycles. The summed E-state index contributed by atoms with van der Waals surface area (Å²) in [6.07, 6.45) is 0.719. The van der Waals surface area contributed by atoms with Gasteiger partial charge in [-0.05, 0) is 38.0 Å². The number of benzene rings is 1. The van der Waals surface area contributed by atoms with Crippen LogP contribution in [0.5, 0.6) is 0 Å². The molecule has 1 atom stereocenters. The van der Waals surface area contributed by atoms with E-state index in [1.165, 1.54) is 16.4 Å². The quantitative estimate of drug-likeness (QED) is 0.877. The molecule has 0 fully saturated rings. The summed E-state index contributed by atoms with van der Waals surface area (Å²) < 4.78 is 40.5. The molecule has 0 heterocycles. The Kier molecular flexibility index (Phi) is 5.68. The molecular formula is C14H23FN2O2S. The van der Waals surface area contributed by atoms with E-state index in [-0.39, 0.29) is 23.0 Å². The third-order valence-electron chi connectivity index (χ3n) is 3.52. The second-order valence-electron chi connectivity index (χ2n) is 4.88. The monoisotopic (exact) mass is 302 g/mol. The lowest BCUT2D eigenvalue weighted by molar-refractivity contribution is 0.342. The minimum absolute atomic E-state index is 0.0223. The highest BCUT2D eigenvalue weighted by Gasteiger charge is 2.28. The average Bonchev–Trinajstić information content (AvgIpc) is 2.41. The van der Waals surface area contributed by atoms with Crippen LogP contribution >= 0.6 is 0 Å². The van der Waals surface area contributed by atoms with Crippen LogP contribution in [0, 0.1) is 12.7 Å². The van der Waals surface area contributed by atoms with E-state index >= 15 is 0 Å². The van der Waals surface area contributed by atoms with Gasteiger partial charge in [0.1, 0.15) is 5.82 Å². The summed E-state index contributed by atoms with van der Waals surface area (Å²) in [4.78, 5) is 0.110. The van der Waals surface area contributed by atoms with Gasteiger partial charge in [0.2, 0.25) is 10.0 Å². The summed E-state index contributed by atoms with van der Waals surface area (Å²) in [7, 11) is -3.62. The van der Waals surface area contributed by atoms with Gasteiger partial charge >= 0.3 is 0 Å². The van der Waals surface area contributed by atoms with E-state index in [2.05, 4.69) is 0 Å². The lowest BCUT2D eigenvalue weighted by atomic mass is 10.1. The maximum Gasteiger partial charge on any atom is 0.243 e. The molecule has 0 saturated heterocycles. The average molecular weight is 302 g/mol. The SMILES string of the molecule is CCC(C)N(CC)S(=O)(=O)c1cc(C)c(F)c(CN)c1. The van der Waals surface area contributed by atoms with Crippen molar-refractivity contribution in [3.8, 4) is 0 Å². The zero-order valence-corrected chi connectivity index (χ0v) is 13.3. The summed E-state index contributed by atoms with van der Waals surface area (Å²) in [5.41, 5.74) is 6.00. The molecule has 0 amide bonds. The molecule has 20 heavy (non-hydrogen) atoms. The van der Waals surface area contributed by atoms with E-state index in [0.717, 1.165) is 6.42 Å². The molecule has 1 unspecified atom stereocenters. The van der Waals surface area contributed by atoms with Gasteiger partial charge in [0.05, 0.1) is 4.90 Å². The first kappa shape index (κ1) is 17.1. The molecule has 1 rings (SSSR count). The van der Waals surface area contributed by atoms with Crippen LogP contribution in [0.25, 0.3) is 0 Å². The molecule has 0 bridgehead atoms. The topological polar surface area (TPSA) is 63.4 Å². The minimum atomic E-state index is -3.62. The van der Waals surface area contributed by atoms with Crippen LogP contribution in [0.15, 0.2) is 17.0 Å². The second-order valence-corrected chi connectivity index (χ2v) is 6.77. The standard InChI is InChI=1S/C14H23FN2O2S/c1-5-11(4)17(6-2)20(18,19)13-7-10(3)14(15)12(8-13)9-16/h7-8,11H,5-6,9,16H2,1-4H3. The Balaban J connectivity index is 3.38. The molecule has 0 radical (unpaired) electrons. The molecule has 2 N–H and O–H groups in total. The molecule has 4 nitrogen and oxygen atoms in total. The van der Waals surface area contributed by atoms with Crippen molar-refractivity contribution in [2.75, 3.05) is 6.54 Å². The third-order valence-corrected chi connectivity index (χ3v) is 5.59. The molecule has 0 aromatic heterocycles. The Morgan fingerprint density at radius 1 is 1.35 bits per heavy atom. The van der Waals surface area contributed by atoms with Crippen LogP contribution in [-0.2, 0) is 16.6 Å². The Bertz CT molecular complexity index is 573. The number of nitrogens with two attached hydrogens (primary N) is 1. The number of nitrogens with zero attached hydrogens (tertiary/aromatic N) is 1. The molecule has 114 valence electrons. The van der Waals surface area contributed by atoms with E-state index in [0.29, 0.717) is 12.1 Å². The van der Waals surface area contributed by atoms with Crippen LogP contribution in [-0.4, -0.2) is 25.3 Å². The van der Waals surface area contributed by atoms with Gasteiger partial charge in [-0.2, -0.15) is 4.31 Å². The van der Waals surface area contributed by atoms with E-state index < -0.39 is 15.8 Å². The summed E-state index contributed by atoms with van der Waals surface area (Å²) in [5, 5.41) is 0. The maximum atomic E-state index is 13.8. The summed E-state index contributed by atoms with van der Waals surface area (Å²) in [6.45, 7) is 7.50. The number of halogens is 1. The maximum absolute atomic E-state index is 13.8. The van der Waals surface area contributed by atoms with Gasteiger partial charge < -0.3 is 5.73 Å². The summed E-state index contributed by atoms with van der Waals surface area (Å²) in [5.74, 6) is -0.432. The fraction of sp³-hybridized carbons (Fsp3) is 0.571. The fourth-order valence-electron chi connectivity index (χ4n) is 2.16. The van der Waals surface area contributed by atoms with Crippen molar-refractivity contribution in [3.05, 3.63) is 29.1 Å². The highest BCUT2D eigenvalue weighted by molar-refractivity contribution is 7.89. The first-order valence-electron chi connectivity index (χ1n) is 6.80. The van der Waals surface area contributed by atoms with Crippen LogP contribution in [0.1, 0.15) is 38.3 Å². The van der Waals surface area contributed by atoms with Crippen molar-refractivity contribution in [1.82, 2.24) is 4.31 Å². The van der Waals surface area contributed by atoms with Crippen LogP contribution < -0.4 is 5.73 Å². The van der Waals surface area contributed by atoms with E-state index in [1.807, 2.05) is 13.8 Å². The van der Waals surface area contributed by atoms with Gasteiger partial charge in [0, 0.05) is 24.7 Å². The van der Waals surface area contributed by atoms with Crippen LogP contribution in [0.4, 0.5) is 4.39 Å². The van der Waals surface area contributed by atoms with Gasteiger partial charge in [-0.15, -0.1) is 0 Å². The lowest BCUT2D eigenvalue weighted by Crippen LogP contribution is -2.38. The number of sulfonamides is 1.